The number of carbonyl (C=O) groups excluding carboxylic acids is 2. The molecule has 0 bridgehead atoms. The van der Waals surface area contributed by atoms with Crippen molar-refractivity contribution >= 4 is 91.5 Å². The number of benzene rings is 2. The van der Waals surface area contributed by atoms with Crippen molar-refractivity contribution in [3.63, 3.8) is 0 Å². The molecule has 20 nitrogen and oxygen atoms in total. The SMILES string of the molecule is C=CC(=O)Oc1c(F)c(F)c(F)c(F)c1F.CN(CCOCCS(=O)(=O)CCSCCOCCOCCS)CCC(=O)O.CN(CCOCCS(=O)(=O)CCSCCOCCOCCSCCC(=O)Oc1c(F)c(F)c(F)c(F)c1F)CCC(=O)O. The van der Waals surface area contributed by atoms with Gasteiger partial charge in [-0.05, 0) is 14.1 Å². The Kier molecular flexibility index (Phi) is 46.2. The van der Waals surface area contributed by atoms with Gasteiger partial charge in [0.15, 0.2) is 19.7 Å². The fourth-order valence-corrected chi connectivity index (χ4v) is 11.5. The number of carbonyl (C=O) groups is 4. The van der Waals surface area contributed by atoms with Gasteiger partial charge < -0.3 is 57.9 Å². The highest BCUT2D eigenvalue weighted by Crippen LogP contribution is 2.30. The number of sulfone groups is 2. The van der Waals surface area contributed by atoms with Gasteiger partial charge in [-0.3, -0.25) is 14.4 Å². The third-order valence-corrected chi connectivity index (χ3v) is 17.0. The highest BCUT2D eigenvalue weighted by Gasteiger charge is 2.30. The van der Waals surface area contributed by atoms with Crippen molar-refractivity contribution < 1.29 is 128 Å². The number of hydrogen-bond donors (Lipinski definition) is 3. The first kappa shape index (κ1) is 82.3. The lowest BCUT2D eigenvalue weighted by molar-refractivity contribution is -0.138. The topological polar surface area (TPSA) is 257 Å². The number of rotatable bonds is 47. The molecule has 86 heavy (non-hydrogen) atoms. The summed E-state index contributed by atoms with van der Waals surface area (Å²) in [5, 5.41) is 17.2. The van der Waals surface area contributed by atoms with Crippen LogP contribution in [0.5, 0.6) is 11.5 Å². The molecule has 0 radical (unpaired) electrons. The van der Waals surface area contributed by atoms with Crippen molar-refractivity contribution in [1.29, 1.82) is 0 Å². The molecule has 0 heterocycles. The Morgan fingerprint density at radius 2 is 0.767 bits per heavy atom. The number of hydrogen-bond acceptors (Lipinski definition) is 22. The van der Waals surface area contributed by atoms with Crippen LogP contribution in [0.15, 0.2) is 12.7 Å². The van der Waals surface area contributed by atoms with Gasteiger partial charge in [-0.25, -0.2) is 48.0 Å². The Balaban J connectivity index is 0.00000142. The van der Waals surface area contributed by atoms with Crippen molar-refractivity contribution in [1.82, 2.24) is 9.80 Å². The van der Waals surface area contributed by atoms with E-state index < -0.39 is 113 Å². The molecular formula is C50H72F10N2O18S6. The minimum Gasteiger partial charge on any atom is -0.481 e. The molecule has 0 amide bonds. The summed E-state index contributed by atoms with van der Waals surface area (Å²) in [6, 6.07) is 0. The highest BCUT2D eigenvalue weighted by molar-refractivity contribution is 8.01. The summed E-state index contributed by atoms with van der Waals surface area (Å²) in [5.41, 5.74) is 0. The zero-order valence-electron chi connectivity index (χ0n) is 47.1. The average Bonchev–Trinajstić information content (AvgIpc) is 1.37. The fourth-order valence-electron chi connectivity index (χ4n) is 5.57. The van der Waals surface area contributed by atoms with E-state index in [0.29, 0.717) is 127 Å². The molecule has 496 valence electrons. The first-order valence-electron chi connectivity index (χ1n) is 25.7. The number of esters is 2. The molecule has 0 saturated carbocycles. The van der Waals surface area contributed by atoms with E-state index in [1.807, 2.05) is 4.90 Å². The summed E-state index contributed by atoms with van der Waals surface area (Å²) >= 11 is 8.28. The van der Waals surface area contributed by atoms with E-state index >= 15 is 0 Å². The second-order valence-corrected chi connectivity index (χ2v) is 25.8. The normalized spacial score (nSPS) is 11.5. The molecule has 0 saturated heterocycles. The molecule has 0 aliphatic carbocycles. The van der Waals surface area contributed by atoms with E-state index in [0.717, 1.165) is 5.75 Å². The standard InChI is InChI=1S/C25H36F5NO9S3.C16H33NO7S3.C9H3F5O2/c1-31(4-2-18(32)33)5-6-37-11-16-43(35,36)17-15-42-14-10-39-8-7-38-9-13-41-12-3-19(34)40-25-23(29)21(27)20(26)22(28)24(25)30;1-17(3-2-16(18)19)4-5-22-10-14-27(20,21)15-13-26-12-9-24-7-6-23-8-11-25;1-2-3(15)16-9-7(13)5(11)4(10)6(12)8(9)14/h2-17H2,1H3,(H,32,33);25H,2-15H2,1H3,(H,18,19);2H,1H2. The summed E-state index contributed by atoms with van der Waals surface area (Å²) in [5.74, 6) is -26.1. The van der Waals surface area contributed by atoms with Crippen LogP contribution in [0, 0.1) is 58.2 Å². The monoisotopic (exact) mass is 1370 g/mol. The van der Waals surface area contributed by atoms with Crippen LogP contribution in [0.4, 0.5) is 43.9 Å². The Hall–Kier alpha value is -3.66. The van der Waals surface area contributed by atoms with Gasteiger partial charge >= 0.3 is 23.9 Å². The van der Waals surface area contributed by atoms with Crippen LogP contribution in [-0.4, -0.2) is 244 Å². The number of carboxylic acid groups (broad SMARTS) is 2. The second kappa shape index (κ2) is 48.2. The van der Waals surface area contributed by atoms with Crippen LogP contribution in [0.3, 0.4) is 0 Å². The summed E-state index contributed by atoms with van der Waals surface area (Å²) < 4.78 is 218. The Labute approximate surface area is 511 Å². The van der Waals surface area contributed by atoms with Crippen LogP contribution < -0.4 is 9.47 Å². The van der Waals surface area contributed by atoms with Crippen LogP contribution in [0.2, 0.25) is 0 Å². The van der Waals surface area contributed by atoms with E-state index in [9.17, 15) is 79.9 Å². The Morgan fingerprint density at radius 3 is 1.12 bits per heavy atom. The zero-order valence-corrected chi connectivity index (χ0v) is 52.1. The predicted molar refractivity (Wildman–Crippen MR) is 306 cm³/mol. The molecule has 0 aromatic heterocycles. The van der Waals surface area contributed by atoms with Crippen molar-refractivity contribution in [2.24, 2.45) is 0 Å². The van der Waals surface area contributed by atoms with Gasteiger partial charge in [0.05, 0.1) is 122 Å². The Morgan fingerprint density at radius 1 is 0.442 bits per heavy atom. The zero-order chi connectivity index (χ0) is 65.1. The Bertz CT molecular complexity index is 2520. The number of likely N-dealkylation sites (N-methyl/N-ethyl adjacent to an activating group) is 2. The predicted octanol–water partition coefficient (Wildman–Crippen LogP) is 6.01. The molecule has 0 atom stereocenters. The highest BCUT2D eigenvalue weighted by atomic mass is 32.2. The van der Waals surface area contributed by atoms with Gasteiger partial charge in [-0.15, -0.1) is 0 Å². The van der Waals surface area contributed by atoms with Gasteiger partial charge in [0.1, 0.15) is 0 Å². The lowest BCUT2D eigenvalue weighted by Crippen LogP contribution is -2.26. The molecule has 36 heteroatoms. The number of ether oxygens (including phenoxy) is 8. The van der Waals surface area contributed by atoms with Gasteiger partial charge in [-0.1, -0.05) is 6.58 Å². The quantitative estimate of drug-likeness (QED) is 0.0100. The summed E-state index contributed by atoms with van der Waals surface area (Å²) in [6.07, 6.45) is 0.300. The molecule has 0 spiro atoms. The van der Waals surface area contributed by atoms with E-state index in [-0.39, 0.29) is 61.2 Å². The molecular weight excluding hydrogens is 1300 g/mol. The van der Waals surface area contributed by atoms with E-state index in [4.69, 9.17) is 38.6 Å². The first-order chi connectivity index (χ1) is 40.6. The molecule has 0 fully saturated rings. The van der Waals surface area contributed by atoms with Crippen molar-refractivity contribution in [2.45, 2.75) is 19.3 Å². The molecule has 2 rings (SSSR count). The minimum atomic E-state index is -3.24. The van der Waals surface area contributed by atoms with Crippen LogP contribution in [-0.2, 0) is 67.3 Å². The third-order valence-electron chi connectivity index (χ3n) is 10.3. The number of aliphatic carboxylic acids is 2. The number of thiol groups is 1. The van der Waals surface area contributed by atoms with Gasteiger partial charge in [0.25, 0.3) is 0 Å². The summed E-state index contributed by atoms with van der Waals surface area (Å²) in [7, 11) is -2.79. The number of thioether (sulfide) groups is 3. The molecule has 0 aliphatic heterocycles. The molecule has 0 aliphatic rings. The van der Waals surface area contributed by atoms with Crippen molar-refractivity contribution in [2.75, 3.05) is 183 Å². The number of nitrogens with zero attached hydrogens (tertiary/aromatic N) is 2. The molecule has 2 aromatic rings. The van der Waals surface area contributed by atoms with E-state index in [2.05, 4.69) is 28.7 Å². The summed E-state index contributed by atoms with van der Waals surface area (Å²) in [6.45, 7) is 9.39. The van der Waals surface area contributed by atoms with Crippen LogP contribution >= 0.6 is 47.9 Å². The first-order valence-corrected chi connectivity index (χ1v) is 33.5. The number of carboxylic acids is 2. The molecule has 2 N–H and O–H groups in total. The maximum absolute atomic E-state index is 13.5. The van der Waals surface area contributed by atoms with Gasteiger partial charge in [0.2, 0.25) is 69.7 Å². The maximum Gasteiger partial charge on any atom is 0.335 e. The van der Waals surface area contributed by atoms with Gasteiger partial charge in [-0.2, -0.15) is 65.5 Å². The molecule has 2 aromatic carbocycles. The lowest BCUT2D eigenvalue weighted by Gasteiger charge is -2.15. The largest absolute Gasteiger partial charge is 0.481 e. The molecule has 0 unspecified atom stereocenters. The van der Waals surface area contributed by atoms with E-state index in [1.54, 1.807) is 30.8 Å². The fraction of sp³-hybridized carbons (Fsp3) is 0.640. The lowest BCUT2D eigenvalue weighted by atomic mass is 10.2. The minimum absolute atomic E-state index is 0.00534. The van der Waals surface area contributed by atoms with Crippen LogP contribution in [0.25, 0.3) is 0 Å². The second-order valence-electron chi connectivity index (χ2n) is 17.1. The van der Waals surface area contributed by atoms with Crippen LogP contribution in [0.1, 0.15) is 19.3 Å². The smallest absolute Gasteiger partial charge is 0.335 e. The third kappa shape index (κ3) is 39.4. The average molecular weight is 1370 g/mol. The van der Waals surface area contributed by atoms with Crippen molar-refractivity contribution in [3.8, 4) is 11.5 Å². The maximum atomic E-state index is 13.5. The van der Waals surface area contributed by atoms with Gasteiger partial charge in [0, 0.05) is 72.5 Å². The number of halogens is 10. The van der Waals surface area contributed by atoms with E-state index in [1.165, 1.54) is 23.5 Å². The van der Waals surface area contributed by atoms with Crippen molar-refractivity contribution in [3.05, 3.63) is 70.8 Å². The summed E-state index contributed by atoms with van der Waals surface area (Å²) in [4.78, 5) is 46.9.